The minimum Gasteiger partial charge on any atom is -0.380 e. The van der Waals surface area contributed by atoms with E-state index in [4.69, 9.17) is 0 Å². The first kappa shape index (κ1) is 14.1. The Kier molecular flexibility index (Phi) is 4.27. The van der Waals surface area contributed by atoms with Crippen LogP contribution in [-0.2, 0) is 0 Å². The molecule has 0 unspecified atom stereocenters. The Hall–Kier alpha value is -1.33. The molecule has 0 aliphatic heterocycles. The highest BCUT2D eigenvalue weighted by Gasteiger charge is 2.25. The molecule has 2 rings (SSSR count). The van der Waals surface area contributed by atoms with E-state index in [0.717, 1.165) is 25.7 Å². The molecule has 19 heavy (non-hydrogen) atoms. The van der Waals surface area contributed by atoms with E-state index in [2.05, 4.69) is 5.32 Å². The molecule has 1 nitrogen and oxygen atoms in total. The summed E-state index contributed by atoms with van der Waals surface area (Å²) in [4.78, 5) is 0. The van der Waals surface area contributed by atoms with E-state index in [-0.39, 0.29) is 6.54 Å². The third-order valence-corrected chi connectivity index (χ3v) is 3.54. The zero-order valence-electron chi connectivity index (χ0n) is 10.2. The average molecular weight is 279 g/mol. The summed E-state index contributed by atoms with van der Waals surface area (Å²) in [5.74, 6) is -9.10. The van der Waals surface area contributed by atoms with Gasteiger partial charge in [0.25, 0.3) is 0 Å². The molecule has 106 valence electrons. The molecule has 0 atom stereocenters. The number of benzene rings is 1. The number of anilines is 1. The van der Waals surface area contributed by atoms with Gasteiger partial charge in [-0.15, -0.1) is 0 Å². The van der Waals surface area contributed by atoms with Crippen LogP contribution in [0.2, 0.25) is 0 Å². The lowest BCUT2D eigenvalue weighted by atomic mass is 10.0. The molecule has 1 aliphatic carbocycles. The number of halogens is 5. The van der Waals surface area contributed by atoms with Crippen molar-refractivity contribution in [2.75, 3.05) is 11.9 Å². The maximum Gasteiger partial charge on any atom is 0.200 e. The third-order valence-electron chi connectivity index (χ3n) is 3.54. The number of rotatable bonds is 4. The van der Waals surface area contributed by atoms with Gasteiger partial charge in [-0.3, -0.25) is 0 Å². The van der Waals surface area contributed by atoms with E-state index in [1.807, 2.05) is 0 Å². The summed E-state index contributed by atoms with van der Waals surface area (Å²) in [6, 6.07) is 0. The van der Waals surface area contributed by atoms with Crippen molar-refractivity contribution in [1.29, 1.82) is 0 Å². The average Bonchev–Trinajstić information content (AvgIpc) is 2.91. The van der Waals surface area contributed by atoms with Gasteiger partial charge in [0.05, 0.1) is 0 Å². The van der Waals surface area contributed by atoms with Crippen LogP contribution in [0.4, 0.5) is 27.6 Å². The fraction of sp³-hybridized carbons (Fsp3) is 0.538. The first-order valence-electron chi connectivity index (χ1n) is 6.27. The highest BCUT2D eigenvalue weighted by atomic mass is 19.2. The summed E-state index contributed by atoms with van der Waals surface area (Å²) in [5.41, 5.74) is -0.936. The Morgan fingerprint density at radius 3 is 1.79 bits per heavy atom. The molecule has 0 saturated heterocycles. The second-order valence-electron chi connectivity index (χ2n) is 4.81. The van der Waals surface area contributed by atoms with Gasteiger partial charge in [-0.2, -0.15) is 0 Å². The molecule has 1 aromatic carbocycles. The maximum absolute atomic E-state index is 13.3. The molecular formula is C13H14F5N. The largest absolute Gasteiger partial charge is 0.380 e. The number of hydrogen-bond donors (Lipinski definition) is 1. The van der Waals surface area contributed by atoms with Gasteiger partial charge in [0.1, 0.15) is 5.69 Å². The summed E-state index contributed by atoms with van der Waals surface area (Å²) >= 11 is 0. The van der Waals surface area contributed by atoms with Crippen molar-refractivity contribution in [3.8, 4) is 0 Å². The van der Waals surface area contributed by atoms with Crippen molar-refractivity contribution < 1.29 is 22.0 Å². The van der Waals surface area contributed by atoms with Gasteiger partial charge in [-0.1, -0.05) is 25.7 Å². The fourth-order valence-corrected chi connectivity index (χ4v) is 2.46. The van der Waals surface area contributed by atoms with Crippen molar-refractivity contribution in [3.05, 3.63) is 29.1 Å². The molecule has 0 heterocycles. The van der Waals surface area contributed by atoms with E-state index < -0.39 is 34.8 Å². The van der Waals surface area contributed by atoms with Crippen LogP contribution in [0, 0.1) is 35.0 Å². The van der Waals surface area contributed by atoms with E-state index in [1.165, 1.54) is 0 Å². The molecule has 1 saturated carbocycles. The first-order valence-corrected chi connectivity index (χ1v) is 6.27. The van der Waals surface area contributed by atoms with E-state index in [1.54, 1.807) is 0 Å². The molecule has 0 radical (unpaired) electrons. The fourth-order valence-electron chi connectivity index (χ4n) is 2.46. The molecule has 0 aromatic heterocycles. The summed E-state index contributed by atoms with van der Waals surface area (Å²) in [7, 11) is 0. The van der Waals surface area contributed by atoms with Crippen molar-refractivity contribution in [3.63, 3.8) is 0 Å². The predicted molar refractivity (Wildman–Crippen MR) is 61.3 cm³/mol. The summed E-state index contributed by atoms with van der Waals surface area (Å²) in [6.45, 7) is 0.197. The Labute approximate surface area is 107 Å². The highest BCUT2D eigenvalue weighted by molar-refractivity contribution is 5.47. The summed E-state index contributed by atoms with van der Waals surface area (Å²) in [5, 5.41) is 2.32. The topological polar surface area (TPSA) is 12.0 Å². The number of hydrogen-bond acceptors (Lipinski definition) is 1. The van der Waals surface area contributed by atoms with Crippen molar-refractivity contribution in [2.45, 2.75) is 32.1 Å². The molecule has 1 aromatic rings. The zero-order chi connectivity index (χ0) is 14.0. The van der Waals surface area contributed by atoms with Gasteiger partial charge < -0.3 is 5.32 Å². The Bertz CT molecular complexity index is 440. The smallest absolute Gasteiger partial charge is 0.200 e. The predicted octanol–water partition coefficient (Wildman–Crippen LogP) is 4.37. The van der Waals surface area contributed by atoms with Crippen LogP contribution in [0.15, 0.2) is 0 Å². The van der Waals surface area contributed by atoms with Gasteiger partial charge >= 0.3 is 0 Å². The standard InChI is InChI=1S/C13H14F5N/c14-8-9(15)11(17)13(12(18)10(8)16)19-6-5-7-3-1-2-4-7/h7,19H,1-6H2. The van der Waals surface area contributed by atoms with Gasteiger partial charge in [0.2, 0.25) is 5.82 Å². The van der Waals surface area contributed by atoms with Crippen LogP contribution in [0.1, 0.15) is 32.1 Å². The lowest BCUT2D eigenvalue weighted by Crippen LogP contribution is -2.12. The Morgan fingerprint density at radius 2 is 1.26 bits per heavy atom. The quantitative estimate of drug-likeness (QED) is 0.490. The molecule has 6 heteroatoms. The molecule has 0 spiro atoms. The van der Waals surface area contributed by atoms with Gasteiger partial charge in [0, 0.05) is 6.54 Å². The first-order chi connectivity index (χ1) is 9.02. The number of nitrogens with one attached hydrogen (secondary N) is 1. The van der Waals surface area contributed by atoms with Gasteiger partial charge in [-0.25, -0.2) is 22.0 Å². The van der Waals surface area contributed by atoms with Crippen molar-refractivity contribution >= 4 is 5.69 Å². The van der Waals surface area contributed by atoms with Crippen LogP contribution in [0.5, 0.6) is 0 Å². The monoisotopic (exact) mass is 279 g/mol. The van der Waals surface area contributed by atoms with Crippen LogP contribution in [0.25, 0.3) is 0 Å². The van der Waals surface area contributed by atoms with E-state index in [0.29, 0.717) is 12.3 Å². The summed E-state index contributed by atoms with van der Waals surface area (Å²) < 4.78 is 65.3. The zero-order valence-corrected chi connectivity index (χ0v) is 10.2. The maximum atomic E-state index is 13.3. The molecule has 1 aliphatic rings. The second kappa shape index (κ2) is 5.75. The minimum absolute atomic E-state index is 0.197. The van der Waals surface area contributed by atoms with E-state index in [9.17, 15) is 22.0 Å². The molecular weight excluding hydrogens is 265 g/mol. The summed E-state index contributed by atoms with van der Waals surface area (Å²) in [6.07, 6.45) is 5.04. The van der Waals surface area contributed by atoms with Crippen LogP contribution < -0.4 is 5.32 Å². The molecule has 0 bridgehead atoms. The Balaban J connectivity index is 2.07. The minimum atomic E-state index is -2.13. The van der Waals surface area contributed by atoms with Gasteiger partial charge in [-0.05, 0) is 12.3 Å². The lowest BCUT2D eigenvalue weighted by molar-refractivity contribution is 0.381. The van der Waals surface area contributed by atoms with Crippen LogP contribution in [0.3, 0.4) is 0 Å². The van der Waals surface area contributed by atoms with Crippen LogP contribution in [-0.4, -0.2) is 6.54 Å². The van der Waals surface area contributed by atoms with Crippen molar-refractivity contribution in [2.24, 2.45) is 5.92 Å². The lowest BCUT2D eigenvalue weighted by Gasteiger charge is -2.13. The third kappa shape index (κ3) is 2.82. The second-order valence-corrected chi connectivity index (χ2v) is 4.81. The van der Waals surface area contributed by atoms with Crippen molar-refractivity contribution in [1.82, 2.24) is 0 Å². The van der Waals surface area contributed by atoms with E-state index >= 15 is 0 Å². The van der Waals surface area contributed by atoms with Gasteiger partial charge in [0.15, 0.2) is 23.3 Å². The molecule has 1 N–H and O–H groups in total. The molecule has 1 fully saturated rings. The van der Waals surface area contributed by atoms with Crippen LogP contribution >= 0.6 is 0 Å². The Morgan fingerprint density at radius 1 is 0.789 bits per heavy atom. The SMILES string of the molecule is Fc1c(F)c(F)c(NCCC2CCCC2)c(F)c1F. The normalized spacial score (nSPS) is 16.1. The molecule has 0 amide bonds. The highest BCUT2D eigenvalue weighted by Crippen LogP contribution is 2.29.